The van der Waals surface area contributed by atoms with E-state index in [-0.39, 0.29) is 6.61 Å². The number of fused-ring (bicyclic) bond motifs is 1. The van der Waals surface area contributed by atoms with E-state index in [4.69, 9.17) is 14.7 Å². The Morgan fingerprint density at radius 1 is 1.20 bits per heavy atom. The number of para-hydroxylation sites is 1. The van der Waals surface area contributed by atoms with Crippen LogP contribution < -0.4 is 9.47 Å². The second kappa shape index (κ2) is 7.48. The minimum absolute atomic E-state index is 0.0549. The Kier molecular flexibility index (Phi) is 4.94. The van der Waals surface area contributed by atoms with Gasteiger partial charge in [-0.3, -0.25) is 0 Å². The lowest BCUT2D eigenvalue weighted by Crippen LogP contribution is -1.96. The van der Waals surface area contributed by atoms with E-state index in [9.17, 15) is 5.26 Å². The molecular formula is C19H13N3O2S. The number of rotatable bonds is 5. The lowest BCUT2D eigenvalue weighted by Gasteiger charge is -2.09. The van der Waals surface area contributed by atoms with Gasteiger partial charge in [0.05, 0.1) is 22.9 Å². The topological polar surface area (TPSA) is 78.9 Å². The van der Waals surface area contributed by atoms with Crippen molar-refractivity contribution in [2.45, 2.75) is 0 Å². The minimum Gasteiger partial charge on any atom is -0.493 e. The quantitative estimate of drug-likeness (QED) is 0.644. The SMILES string of the molecule is COc1cc(/C=C(\C#N)c2nc3ccccc3s2)ccc1OCC#N. The zero-order valence-corrected chi connectivity index (χ0v) is 14.2. The second-order valence-corrected chi connectivity index (χ2v) is 6.04. The van der Waals surface area contributed by atoms with Gasteiger partial charge in [0.25, 0.3) is 0 Å². The second-order valence-electron chi connectivity index (χ2n) is 5.01. The number of thiazole rings is 1. The molecule has 0 radical (unpaired) electrons. The number of benzene rings is 2. The molecule has 0 unspecified atom stereocenters. The van der Waals surface area contributed by atoms with Gasteiger partial charge in [-0.2, -0.15) is 10.5 Å². The Balaban J connectivity index is 1.97. The van der Waals surface area contributed by atoms with E-state index in [1.807, 2.05) is 30.3 Å². The summed E-state index contributed by atoms with van der Waals surface area (Å²) in [5, 5.41) is 18.8. The maximum Gasteiger partial charge on any atom is 0.174 e. The highest BCUT2D eigenvalue weighted by Crippen LogP contribution is 2.31. The maximum absolute atomic E-state index is 9.52. The van der Waals surface area contributed by atoms with Crippen LogP contribution in [0.1, 0.15) is 10.6 Å². The van der Waals surface area contributed by atoms with E-state index in [1.165, 1.54) is 18.4 Å². The molecule has 25 heavy (non-hydrogen) atoms. The number of nitriles is 2. The summed E-state index contributed by atoms with van der Waals surface area (Å²) >= 11 is 1.48. The highest BCUT2D eigenvalue weighted by molar-refractivity contribution is 7.19. The van der Waals surface area contributed by atoms with Crippen LogP contribution in [0.15, 0.2) is 42.5 Å². The van der Waals surface area contributed by atoms with Gasteiger partial charge in [0.15, 0.2) is 18.1 Å². The first-order valence-corrected chi connectivity index (χ1v) is 8.22. The van der Waals surface area contributed by atoms with Crippen LogP contribution in [0.25, 0.3) is 21.9 Å². The third kappa shape index (κ3) is 3.60. The maximum atomic E-state index is 9.52. The fourth-order valence-corrected chi connectivity index (χ4v) is 3.23. The molecule has 0 aliphatic rings. The fraction of sp³-hybridized carbons (Fsp3) is 0.105. The molecule has 0 saturated carbocycles. The van der Waals surface area contributed by atoms with Crippen molar-refractivity contribution >= 4 is 33.2 Å². The van der Waals surface area contributed by atoms with Gasteiger partial charge in [0, 0.05) is 0 Å². The molecule has 0 atom stereocenters. The van der Waals surface area contributed by atoms with E-state index in [0.717, 1.165) is 15.8 Å². The van der Waals surface area contributed by atoms with Crippen LogP contribution in [0.2, 0.25) is 0 Å². The molecule has 0 N–H and O–H groups in total. The van der Waals surface area contributed by atoms with Crippen molar-refractivity contribution in [3.05, 3.63) is 53.0 Å². The summed E-state index contributed by atoms with van der Waals surface area (Å²) in [5.41, 5.74) is 2.15. The van der Waals surface area contributed by atoms with Gasteiger partial charge in [-0.25, -0.2) is 4.98 Å². The molecule has 0 saturated heterocycles. The molecule has 0 amide bonds. The van der Waals surface area contributed by atoms with Gasteiger partial charge < -0.3 is 9.47 Å². The van der Waals surface area contributed by atoms with Gasteiger partial charge in [-0.1, -0.05) is 18.2 Å². The van der Waals surface area contributed by atoms with Gasteiger partial charge in [0.1, 0.15) is 17.1 Å². The van der Waals surface area contributed by atoms with Gasteiger partial charge in [0.2, 0.25) is 0 Å². The predicted octanol–water partition coefficient (Wildman–Crippen LogP) is 4.27. The van der Waals surface area contributed by atoms with Crippen LogP contribution in [-0.2, 0) is 0 Å². The van der Waals surface area contributed by atoms with E-state index in [1.54, 1.807) is 24.3 Å². The minimum atomic E-state index is -0.0549. The van der Waals surface area contributed by atoms with E-state index in [2.05, 4.69) is 11.1 Å². The zero-order valence-electron chi connectivity index (χ0n) is 13.4. The van der Waals surface area contributed by atoms with Crippen LogP contribution in [0.4, 0.5) is 0 Å². The molecule has 0 aliphatic heterocycles. The Hall–Kier alpha value is -3.35. The van der Waals surface area contributed by atoms with Gasteiger partial charge in [-0.05, 0) is 35.9 Å². The summed E-state index contributed by atoms with van der Waals surface area (Å²) in [4.78, 5) is 4.52. The highest BCUT2D eigenvalue weighted by Gasteiger charge is 2.10. The predicted molar refractivity (Wildman–Crippen MR) is 97.2 cm³/mol. The van der Waals surface area contributed by atoms with Crippen molar-refractivity contribution in [2.24, 2.45) is 0 Å². The molecule has 6 heteroatoms. The number of nitrogens with zero attached hydrogens (tertiary/aromatic N) is 3. The van der Waals surface area contributed by atoms with Crippen molar-refractivity contribution in [3.63, 3.8) is 0 Å². The first-order valence-electron chi connectivity index (χ1n) is 7.40. The molecule has 0 spiro atoms. The van der Waals surface area contributed by atoms with Crippen molar-refractivity contribution in [3.8, 4) is 23.6 Å². The third-order valence-electron chi connectivity index (χ3n) is 3.44. The molecule has 2 aromatic carbocycles. The van der Waals surface area contributed by atoms with Crippen molar-refractivity contribution < 1.29 is 9.47 Å². The van der Waals surface area contributed by atoms with Crippen LogP contribution in [-0.4, -0.2) is 18.7 Å². The largest absolute Gasteiger partial charge is 0.493 e. The Labute approximate surface area is 149 Å². The Bertz CT molecular complexity index is 992. The van der Waals surface area contributed by atoms with Crippen LogP contribution in [0.3, 0.4) is 0 Å². The Morgan fingerprint density at radius 2 is 2.04 bits per heavy atom. The number of methoxy groups -OCH3 is 1. The standard InChI is InChI=1S/C19H13N3O2S/c1-23-17-11-13(6-7-16(17)24-9-8-20)10-14(12-21)19-22-15-4-2-3-5-18(15)25-19/h2-7,10-11H,9H2,1H3/b14-10+. The summed E-state index contributed by atoms with van der Waals surface area (Å²) in [5.74, 6) is 0.991. The number of allylic oxidation sites excluding steroid dienone is 1. The van der Waals surface area contributed by atoms with E-state index >= 15 is 0 Å². The average Bonchev–Trinajstić information content (AvgIpc) is 3.08. The smallest absolute Gasteiger partial charge is 0.174 e. The molecule has 5 nitrogen and oxygen atoms in total. The van der Waals surface area contributed by atoms with Gasteiger partial charge in [-0.15, -0.1) is 11.3 Å². The molecule has 0 fully saturated rings. The molecule has 1 heterocycles. The van der Waals surface area contributed by atoms with E-state index in [0.29, 0.717) is 22.1 Å². The van der Waals surface area contributed by atoms with Crippen molar-refractivity contribution in [1.29, 1.82) is 10.5 Å². The monoisotopic (exact) mass is 347 g/mol. The Morgan fingerprint density at radius 3 is 2.76 bits per heavy atom. The average molecular weight is 347 g/mol. The molecule has 3 rings (SSSR count). The normalized spacial score (nSPS) is 10.9. The third-order valence-corrected chi connectivity index (χ3v) is 4.51. The van der Waals surface area contributed by atoms with Crippen molar-refractivity contribution in [2.75, 3.05) is 13.7 Å². The summed E-state index contributed by atoms with van der Waals surface area (Å²) in [6.45, 7) is -0.0549. The molecule has 0 aliphatic carbocycles. The van der Waals surface area contributed by atoms with Gasteiger partial charge >= 0.3 is 0 Å². The zero-order chi connectivity index (χ0) is 17.6. The number of hydrogen-bond donors (Lipinski definition) is 0. The van der Waals surface area contributed by atoms with Crippen LogP contribution >= 0.6 is 11.3 Å². The summed E-state index contributed by atoms with van der Waals surface area (Å²) in [6, 6.07) is 17.2. The number of aromatic nitrogens is 1. The molecule has 3 aromatic rings. The fourth-order valence-electron chi connectivity index (χ4n) is 2.30. The highest BCUT2D eigenvalue weighted by atomic mass is 32.1. The lowest BCUT2D eigenvalue weighted by molar-refractivity contribution is 0.329. The molecule has 122 valence electrons. The first kappa shape index (κ1) is 16.5. The molecular weight excluding hydrogens is 334 g/mol. The van der Waals surface area contributed by atoms with Crippen LogP contribution in [0, 0.1) is 22.7 Å². The number of hydrogen-bond acceptors (Lipinski definition) is 6. The summed E-state index contributed by atoms with van der Waals surface area (Å²) in [7, 11) is 1.53. The molecule has 0 bridgehead atoms. The van der Waals surface area contributed by atoms with E-state index < -0.39 is 0 Å². The summed E-state index contributed by atoms with van der Waals surface area (Å²) < 4.78 is 11.6. The van der Waals surface area contributed by atoms with Crippen LogP contribution in [0.5, 0.6) is 11.5 Å². The number of ether oxygens (including phenoxy) is 2. The first-order chi connectivity index (χ1) is 12.2. The lowest BCUT2D eigenvalue weighted by atomic mass is 10.1. The van der Waals surface area contributed by atoms with Crippen molar-refractivity contribution in [1.82, 2.24) is 4.98 Å². The molecule has 1 aromatic heterocycles. The summed E-state index contributed by atoms with van der Waals surface area (Å²) in [6.07, 6.45) is 1.76.